The van der Waals surface area contributed by atoms with Gasteiger partial charge < -0.3 is 14.2 Å². The summed E-state index contributed by atoms with van der Waals surface area (Å²) in [7, 11) is 1.38. The molecule has 1 aliphatic carbocycles. The first-order valence-corrected chi connectivity index (χ1v) is 11.3. The highest BCUT2D eigenvalue weighted by atomic mass is 19.1. The summed E-state index contributed by atoms with van der Waals surface area (Å²) < 4.78 is 22.8. The number of ketones is 1. The number of halogens is 1. The van der Waals surface area contributed by atoms with E-state index in [0.29, 0.717) is 18.9 Å². The fourth-order valence-corrected chi connectivity index (χ4v) is 4.09. The standard InChI is InChI=1S/C24H25FN6O3/c1-34-22-6-8-26-19(23(22)25)4-5-21(33)20-14-31(29-28-20)13-18-12-30-11-17(15-2-3-15)10-16(7-9-32)24(30)27-18/h6,8,10-12,14-15,32H,2-5,7,9,13H2,1H3. The Morgan fingerprint density at radius 3 is 2.88 bits per heavy atom. The van der Waals surface area contributed by atoms with Crippen molar-refractivity contribution in [2.45, 2.75) is 44.6 Å². The molecule has 4 heterocycles. The maximum atomic E-state index is 14.3. The number of aryl methyl sites for hydroxylation is 1. The molecule has 0 amide bonds. The van der Waals surface area contributed by atoms with Crippen molar-refractivity contribution in [1.29, 1.82) is 0 Å². The van der Waals surface area contributed by atoms with E-state index < -0.39 is 5.82 Å². The number of aliphatic hydroxyl groups is 1. The molecule has 0 bridgehead atoms. The van der Waals surface area contributed by atoms with Crippen LogP contribution >= 0.6 is 0 Å². The van der Waals surface area contributed by atoms with Crippen LogP contribution in [0.3, 0.4) is 0 Å². The first kappa shape index (κ1) is 22.1. The number of fused-ring (bicyclic) bond motifs is 1. The first-order chi connectivity index (χ1) is 16.6. The number of carbonyl (C=O) groups is 1. The predicted molar refractivity (Wildman–Crippen MR) is 120 cm³/mol. The number of aliphatic hydroxyl groups excluding tert-OH is 1. The van der Waals surface area contributed by atoms with Crippen LogP contribution in [-0.4, -0.2) is 54.0 Å². The Hall–Kier alpha value is -3.66. The second-order valence-corrected chi connectivity index (χ2v) is 8.51. The number of hydrogen-bond donors (Lipinski definition) is 1. The molecule has 9 nitrogen and oxygen atoms in total. The molecule has 1 saturated carbocycles. The Balaban J connectivity index is 1.28. The lowest BCUT2D eigenvalue weighted by Gasteiger charge is -2.06. The number of carbonyl (C=O) groups excluding carboxylic acids is 1. The van der Waals surface area contributed by atoms with Gasteiger partial charge in [0.25, 0.3) is 0 Å². The number of ether oxygens (including phenoxy) is 1. The summed E-state index contributed by atoms with van der Waals surface area (Å²) in [5, 5.41) is 17.5. The van der Waals surface area contributed by atoms with Crippen LogP contribution in [0.1, 0.15) is 58.2 Å². The number of nitrogens with zero attached hydrogens (tertiary/aromatic N) is 6. The number of methoxy groups -OCH3 is 1. The molecule has 4 aromatic heterocycles. The van der Waals surface area contributed by atoms with Gasteiger partial charge in [-0.25, -0.2) is 14.1 Å². The lowest BCUT2D eigenvalue weighted by Crippen LogP contribution is -2.05. The minimum absolute atomic E-state index is 0.0542. The van der Waals surface area contributed by atoms with E-state index in [4.69, 9.17) is 9.72 Å². The van der Waals surface area contributed by atoms with Gasteiger partial charge in [-0.2, -0.15) is 0 Å². The fourth-order valence-electron chi connectivity index (χ4n) is 4.09. The van der Waals surface area contributed by atoms with Gasteiger partial charge >= 0.3 is 0 Å². The van der Waals surface area contributed by atoms with Crippen molar-refractivity contribution in [3.63, 3.8) is 0 Å². The molecule has 0 aliphatic heterocycles. The molecule has 10 heteroatoms. The molecular formula is C24H25FN6O3. The van der Waals surface area contributed by atoms with Crippen LogP contribution in [-0.2, 0) is 19.4 Å². The maximum absolute atomic E-state index is 14.3. The Bertz CT molecular complexity index is 1340. The topological polar surface area (TPSA) is 107 Å². The molecule has 0 radical (unpaired) electrons. The summed E-state index contributed by atoms with van der Waals surface area (Å²) in [5.41, 5.74) is 4.27. The summed E-state index contributed by atoms with van der Waals surface area (Å²) >= 11 is 0. The van der Waals surface area contributed by atoms with Gasteiger partial charge in [-0.3, -0.25) is 9.78 Å². The van der Waals surface area contributed by atoms with Crippen LogP contribution in [0.4, 0.5) is 4.39 Å². The first-order valence-electron chi connectivity index (χ1n) is 11.3. The fraction of sp³-hybridized carbons (Fsp3) is 0.375. The van der Waals surface area contributed by atoms with Crippen LogP contribution < -0.4 is 4.74 Å². The molecule has 1 fully saturated rings. The number of rotatable bonds is 10. The van der Waals surface area contributed by atoms with Crippen molar-refractivity contribution >= 4 is 11.4 Å². The van der Waals surface area contributed by atoms with Crippen molar-refractivity contribution in [2.24, 2.45) is 0 Å². The molecule has 0 atom stereocenters. The highest BCUT2D eigenvalue weighted by molar-refractivity contribution is 5.93. The van der Waals surface area contributed by atoms with Crippen LogP contribution in [0.25, 0.3) is 5.65 Å². The zero-order chi connectivity index (χ0) is 23.7. The minimum atomic E-state index is -0.557. The van der Waals surface area contributed by atoms with Crippen LogP contribution in [0.5, 0.6) is 5.75 Å². The highest BCUT2D eigenvalue weighted by Crippen LogP contribution is 2.40. The highest BCUT2D eigenvalue weighted by Gasteiger charge is 2.25. The summed E-state index contributed by atoms with van der Waals surface area (Å²) in [6.45, 7) is 0.418. The molecule has 0 spiro atoms. The van der Waals surface area contributed by atoms with Gasteiger partial charge in [0, 0.05) is 44.1 Å². The largest absolute Gasteiger partial charge is 0.494 e. The molecule has 4 aromatic rings. The second-order valence-electron chi connectivity index (χ2n) is 8.51. The summed E-state index contributed by atoms with van der Waals surface area (Å²) in [6.07, 6.45) is 10.2. The number of Topliss-reactive ketones (excluding diaryl/α,β-unsaturated/α-hetero) is 1. The summed E-state index contributed by atoms with van der Waals surface area (Å²) in [5.74, 6) is -0.109. The maximum Gasteiger partial charge on any atom is 0.186 e. The Morgan fingerprint density at radius 2 is 2.12 bits per heavy atom. The van der Waals surface area contributed by atoms with E-state index in [0.717, 1.165) is 16.9 Å². The number of aromatic nitrogens is 6. The predicted octanol–water partition coefficient (Wildman–Crippen LogP) is 2.74. The van der Waals surface area contributed by atoms with Crippen molar-refractivity contribution in [2.75, 3.05) is 13.7 Å². The normalized spacial score (nSPS) is 13.5. The SMILES string of the molecule is COc1ccnc(CCC(=O)c2cn(Cc3cn4cc(C5CC5)cc(CCO)c4n3)nn2)c1F. The molecule has 1 aliphatic rings. The monoisotopic (exact) mass is 464 g/mol. The molecule has 34 heavy (non-hydrogen) atoms. The van der Waals surface area contributed by atoms with E-state index in [2.05, 4.69) is 27.6 Å². The Kier molecular flexibility index (Phi) is 6.06. The molecular weight excluding hydrogens is 439 g/mol. The third-order valence-corrected chi connectivity index (χ3v) is 6.01. The third kappa shape index (κ3) is 4.54. The van der Waals surface area contributed by atoms with Gasteiger partial charge in [0.15, 0.2) is 17.3 Å². The van der Waals surface area contributed by atoms with E-state index in [1.54, 1.807) is 10.9 Å². The average Bonchev–Trinajstić information content (AvgIpc) is 3.45. The van der Waals surface area contributed by atoms with Crippen LogP contribution in [0, 0.1) is 5.82 Å². The minimum Gasteiger partial charge on any atom is -0.494 e. The van der Waals surface area contributed by atoms with Crippen LogP contribution in [0.15, 0.2) is 36.9 Å². The summed E-state index contributed by atoms with van der Waals surface area (Å²) in [6, 6.07) is 3.58. The van der Waals surface area contributed by atoms with Crippen LogP contribution in [0.2, 0.25) is 0 Å². The van der Waals surface area contributed by atoms with Gasteiger partial charge in [0.1, 0.15) is 11.3 Å². The number of imidazole rings is 1. The van der Waals surface area contributed by atoms with E-state index >= 15 is 0 Å². The van der Waals surface area contributed by atoms with E-state index in [9.17, 15) is 14.3 Å². The Morgan fingerprint density at radius 1 is 1.26 bits per heavy atom. The quantitative estimate of drug-likeness (QED) is 0.360. The second kappa shape index (κ2) is 9.30. The smallest absolute Gasteiger partial charge is 0.186 e. The lowest BCUT2D eigenvalue weighted by molar-refractivity contribution is 0.0977. The molecule has 0 saturated heterocycles. The van der Waals surface area contributed by atoms with Crippen molar-refractivity contribution in [3.8, 4) is 5.75 Å². The molecule has 176 valence electrons. The van der Waals surface area contributed by atoms with E-state index in [-0.39, 0.29) is 42.4 Å². The zero-order valence-corrected chi connectivity index (χ0v) is 18.8. The number of pyridine rings is 2. The Labute approximate surface area is 195 Å². The van der Waals surface area contributed by atoms with Crippen molar-refractivity contribution in [3.05, 3.63) is 70.9 Å². The lowest BCUT2D eigenvalue weighted by atomic mass is 10.1. The molecule has 1 N–H and O–H groups in total. The van der Waals surface area contributed by atoms with Gasteiger partial charge in [-0.05, 0) is 36.3 Å². The molecule has 5 rings (SSSR count). The average molecular weight is 465 g/mol. The third-order valence-electron chi connectivity index (χ3n) is 6.01. The van der Waals surface area contributed by atoms with E-state index in [1.807, 2.05) is 10.6 Å². The molecule has 0 unspecified atom stereocenters. The zero-order valence-electron chi connectivity index (χ0n) is 18.8. The van der Waals surface area contributed by atoms with Gasteiger partial charge in [0.2, 0.25) is 0 Å². The molecule has 0 aromatic carbocycles. The van der Waals surface area contributed by atoms with Gasteiger partial charge in [0.05, 0.1) is 31.2 Å². The van der Waals surface area contributed by atoms with Crippen molar-refractivity contribution < 1.29 is 19.0 Å². The van der Waals surface area contributed by atoms with E-state index in [1.165, 1.54) is 37.8 Å². The van der Waals surface area contributed by atoms with Gasteiger partial charge in [-0.1, -0.05) is 11.3 Å². The van der Waals surface area contributed by atoms with Crippen molar-refractivity contribution in [1.82, 2.24) is 29.4 Å². The van der Waals surface area contributed by atoms with Gasteiger partial charge in [-0.15, -0.1) is 5.10 Å². The summed E-state index contributed by atoms with van der Waals surface area (Å²) in [4.78, 5) is 21.3. The number of hydrogen-bond acceptors (Lipinski definition) is 7.